The van der Waals surface area contributed by atoms with Gasteiger partial charge in [0.2, 0.25) is 5.91 Å². The van der Waals surface area contributed by atoms with E-state index in [-0.39, 0.29) is 18.2 Å². The van der Waals surface area contributed by atoms with E-state index < -0.39 is 0 Å². The maximum atomic E-state index is 12.4. The highest BCUT2D eigenvalue weighted by Crippen LogP contribution is 2.24. The first kappa shape index (κ1) is 18.3. The molecule has 0 fully saturated rings. The minimum absolute atomic E-state index is 0.186. The monoisotopic (exact) mass is 389 g/mol. The van der Waals surface area contributed by atoms with E-state index in [4.69, 9.17) is 23.2 Å². The first-order valence-electron chi connectivity index (χ1n) is 7.91. The Morgan fingerprint density at radius 1 is 1.12 bits per heavy atom. The Morgan fingerprint density at radius 3 is 2.58 bits per heavy atom. The van der Waals surface area contributed by atoms with Gasteiger partial charge in [-0.2, -0.15) is 0 Å². The summed E-state index contributed by atoms with van der Waals surface area (Å²) in [4.78, 5) is 28.9. The zero-order chi connectivity index (χ0) is 18.8. The van der Waals surface area contributed by atoms with Gasteiger partial charge in [-0.3, -0.25) is 9.59 Å². The van der Waals surface area contributed by atoms with E-state index in [1.54, 1.807) is 44.6 Å². The van der Waals surface area contributed by atoms with Crippen LogP contribution in [0.15, 0.2) is 42.6 Å². The van der Waals surface area contributed by atoms with E-state index in [9.17, 15) is 9.59 Å². The number of rotatable bonds is 4. The fraction of sp³-hybridized carbons (Fsp3) is 0.158. The lowest BCUT2D eigenvalue weighted by atomic mass is 10.1. The molecule has 2 aromatic carbocycles. The number of amides is 2. The molecule has 3 aromatic rings. The number of halogens is 2. The third-order valence-electron chi connectivity index (χ3n) is 3.97. The van der Waals surface area contributed by atoms with Gasteiger partial charge in [0.1, 0.15) is 0 Å². The van der Waals surface area contributed by atoms with Crippen molar-refractivity contribution in [2.45, 2.75) is 6.42 Å². The predicted octanol–water partition coefficient (Wildman–Crippen LogP) is 4.36. The van der Waals surface area contributed by atoms with E-state index >= 15 is 0 Å². The SMILES string of the molecule is CN(C)C(=O)c1ccc(NC(=O)Cc2c[nH]c3ccc(Cl)cc23)cc1Cl. The molecular formula is C19H17Cl2N3O2. The van der Waals surface area contributed by atoms with Gasteiger partial charge in [-0.15, -0.1) is 0 Å². The first-order valence-corrected chi connectivity index (χ1v) is 8.67. The second-order valence-corrected chi connectivity index (χ2v) is 6.97. The molecule has 0 saturated heterocycles. The van der Waals surface area contributed by atoms with Crippen LogP contribution in [-0.4, -0.2) is 35.8 Å². The molecule has 0 aliphatic carbocycles. The minimum Gasteiger partial charge on any atom is -0.361 e. The van der Waals surface area contributed by atoms with Gasteiger partial charge >= 0.3 is 0 Å². The van der Waals surface area contributed by atoms with Crippen LogP contribution in [0.1, 0.15) is 15.9 Å². The lowest BCUT2D eigenvalue weighted by Crippen LogP contribution is -2.22. The third kappa shape index (κ3) is 3.84. The molecule has 2 N–H and O–H groups in total. The molecule has 2 amide bonds. The first-order chi connectivity index (χ1) is 12.3. The van der Waals surface area contributed by atoms with Gasteiger partial charge in [-0.1, -0.05) is 23.2 Å². The van der Waals surface area contributed by atoms with Crippen LogP contribution in [0.5, 0.6) is 0 Å². The van der Waals surface area contributed by atoms with Crippen molar-refractivity contribution in [3.63, 3.8) is 0 Å². The van der Waals surface area contributed by atoms with E-state index in [0.29, 0.717) is 21.3 Å². The molecule has 3 rings (SSSR count). The molecule has 1 heterocycles. The Balaban J connectivity index is 1.74. The quantitative estimate of drug-likeness (QED) is 0.695. The Hall–Kier alpha value is -2.50. The van der Waals surface area contributed by atoms with E-state index in [0.717, 1.165) is 16.5 Å². The molecule has 0 aliphatic rings. The Kier molecular flexibility index (Phi) is 5.20. The van der Waals surface area contributed by atoms with Crippen LogP contribution in [-0.2, 0) is 11.2 Å². The number of anilines is 1. The van der Waals surface area contributed by atoms with E-state index in [1.807, 2.05) is 12.1 Å². The molecule has 0 spiro atoms. The topological polar surface area (TPSA) is 65.2 Å². The summed E-state index contributed by atoms with van der Waals surface area (Å²) in [6.45, 7) is 0. The average Bonchev–Trinajstić information content (AvgIpc) is 2.96. The molecule has 0 atom stereocenters. The highest BCUT2D eigenvalue weighted by atomic mass is 35.5. The van der Waals surface area contributed by atoms with Crippen LogP contribution in [0.4, 0.5) is 5.69 Å². The molecule has 1 aromatic heterocycles. The number of fused-ring (bicyclic) bond motifs is 1. The van der Waals surface area contributed by atoms with Crippen molar-refractivity contribution in [3.05, 3.63) is 63.8 Å². The Labute approximate surface area is 160 Å². The van der Waals surface area contributed by atoms with Crippen molar-refractivity contribution < 1.29 is 9.59 Å². The number of nitrogens with one attached hydrogen (secondary N) is 2. The maximum absolute atomic E-state index is 12.4. The van der Waals surface area contributed by atoms with E-state index in [1.165, 1.54) is 4.90 Å². The van der Waals surface area contributed by atoms with Crippen molar-refractivity contribution in [2.75, 3.05) is 19.4 Å². The molecular weight excluding hydrogens is 373 g/mol. The number of H-pyrrole nitrogens is 1. The average molecular weight is 390 g/mol. The smallest absolute Gasteiger partial charge is 0.254 e. The fourth-order valence-electron chi connectivity index (χ4n) is 2.68. The highest BCUT2D eigenvalue weighted by molar-refractivity contribution is 6.34. The molecule has 0 radical (unpaired) electrons. The molecule has 134 valence electrons. The number of carbonyl (C=O) groups excluding carboxylic acids is 2. The molecule has 26 heavy (non-hydrogen) atoms. The van der Waals surface area contributed by atoms with Crippen molar-refractivity contribution in [2.24, 2.45) is 0 Å². The van der Waals surface area contributed by atoms with Crippen molar-refractivity contribution >= 4 is 51.6 Å². The Morgan fingerprint density at radius 2 is 1.88 bits per heavy atom. The van der Waals surface area contributed by atoms with Gasteiger partial charge in [-0.05, 0) is 42.0 Å². The normalized spacial score (nSPS) is 10.8. The van der Waals surface area contributed by atoms with Gasteiger partial charge in [0.05, 0.1) is 17.0 Å². The van der Waals surface area contributed by atoms with Crippen LogP contribution < -0.4 is 5.32 Å². The molecule has 0 unspecified atom stereocenters. The molecule has 0 aliphatic heterocycles. The number of nitrogens with zero attached hydrogens (tertiary/aromatic N) is 1. The van der Waals surface area contributed by atoms with Crippen LogP contribution in [0.3, 0.4) is 0 Å². The number of aromatic nitrogens is 1. The number of aromatic amines is 1. The highest BCUT2D eigenvalue weighted by Gasteiger charge is 2.14. The zero-order valence-electron chi connectivity index (χ0n) is 14.3. The Bertz CT molecular complexity index is 996. The van der Waals surface area contributed by atoms with Crippen LogP contribution in [0, 0.1) is 0 Å². The summed E-state index contributed by atoms with van der Waals surface area (Å²) in [5.41, 5.74) is 2.70. The number of hydrogen-bond donors (Lipinski definition) is 2. The molecule has 5 nitrogen and oxygen atoms in total. The zero-order valence-corrected chi connectivity index (χ0v) is 15.8. The van der Waals surface area contributed by atoms with Crippen LogP contribution in [0.2, 0.25) is 10.0 Å². The fourth-order valence-corrected chi connectivity index (χ4v) is 3.12. The van der Waals surface area contributed by atoms with Gasteiger partial charge in [0, 0.05) is 41.9 Å². The van der Waals surface area contributed by atoms with Crippen molar-refractivity contribution in [1.82, 2.24) is 9.88 Å². The number of carbonyl (C=O) groups is 2. The summed E-state index contributed by atoms with van der Waals surface area (Å²) in [5, 5.41) is 4.62. The minimum atomic E-state index is -0.191. The third-order valence-corrected chi connectivity index (χ3v) is 4.52. The predicted molar refractivity (Wildman–Crippen MR) is 105 cm³/mol. The maximum Gasteiger partial charge on any atom is 0.254 e. The summed E-state index contributed by atoms with van der Waals surface area (Å²) in [6, 6.07) is 10.3. The summed E-state index contributed by atoms with van der Waals surface area (Å²) >= 11 is 12.2. The summed E-state index contributed by atoms with van der Waals surface area (Å²) < 4.78 is 0. The van der Waals surface area contributed by atoms with Gasteiger partial charge in [-0.25, -0.2) is 0 Å². The van der Waals surface area contributed by atoms with Crippen molar-refractivity contribution in [1.29, 1.82) is 0 Å². The standard InChI is InChI=1S/C19H17Cl2N3O2/c1-24(2)19(26)14-5-4-13(9-16(14)21)23-18(25)7-11-10-22-17-6-3-12(20)8-15(11)17/h3-6,8-10,22H,7H2,1-2H3,(H,23,25). The molecule has 0 bridgehead atoms. The number of hydrogen-bond acceptors (Lipinski definition) is 2. The largest absolute Gasteiger partial charge is 0.361 e. The van der Waals surface area contributed by atoms with Crippen molar-refractivity contribution in [3.8, 4) is 0 Å². The van der Waals surface area contributed by atoms with Crippen LogP contribution in [0.25, 0.3) is 10.9 Å². The van der Waals surface area contributed by atoms with Gasteiger partial charge in [0.25, 0.3) is 5.91 Å². The van der Waals surface area contributed by atoms with E-state index in [2.05, 4.69) is 10.3 Å². The lowest BCUT2D eigenvalue weighted by Gasteiger charge is -2.12. The lowest BCUT2D eigenvalue weighted by molar-refractivity contribution is -0.115. The second kappa shape index (κ2) is 7.40. The van der Waals surface area contributed by atoms with Gasteiger partial charge < -0.3 is 15.2 Å². The van der Waals surface area contributed by atoms with Crippen LogP contribution >= 0.6 is 23.2 Å². The summed E-state index contributed by atoms with van der Waals surface area (Å²) in [5.74, 6) is -0.378. The number of benzene rings is 2. The summed E-state index contributed by atoms with van der Waals surface area (Å²) in [7, 11) is 3.31. The summed E-state index contributed by atoms with van der Waals surface area (Å²) in [6.07, 6.45) is 1.99. The molecule has 7 heteroatoms. The second-order valence-electron chi connectivity index (χ2n) is 6.12. The molecule has 0 saturated carbocycles. The van der Waals surface area contributed by atoms with Gasteiger partial charge in [0.15, 0.2) is 0 Å².